The highest BCUT2D eigenvalue weighted by molar-refractivity contribution is 6.24. The molecule has 0 bridgehead atoms. The summed E-state index contributed by atoms with van der Waals surface area (Å²) in [7, 11) is 0. The molecule has 1 saturated carbocycles. The lowest BCUT2D eigenvalue weighted by Crippen LogP contribution is -2.43. The molecule has 0 unspecified atom stereocenters. The minimum atomic E-state index is -0.844. The highest BCUT2D eigenvalue weighted by atomic mass is 16.5. The number of ether oxygens (including phenoxy) is 1. The molecule has 2 heterocycles. The van der Waals surface area contributed by atoms with Crippen LogP contribution in [0.5, 0.6) is 11.5 Å². The summed E-state index contributed by atoms with van der Waals surface area (Å²) >= 11 is 0. The monoisotopic (exact) mass is 806 g/mol. The van der Waals surface area contributed by atoms with Gasteiger partial charge in [-0.25, -0.2) is 0 Å². The van der Waals surface area contributed by atoms with E-state index in [1.807, 2.05) is 121 Å². The van der Waals surface area contributed by atoms with Gasteiger partial charge in [-0.1, -0.05) is 84.4 Å². The fourth-order valence-electron chi connectivity index (χ4n) is 9.83. The minimum absolute atomic E-state index is 0.0762. The molecule has 2 saturated heterocycles. The van der Waals surface area contributed by atoms with Crippen molar-refractivity contribution in [2.24, 2.45) is 29.6 Å². The van der Waals surface area contributed by atoms with Crippen molar-refractivity contribution in [3.8, 4) is 11.5 Å². The molecule has 0 aromatic heterocycles. The van der Waals surface area contributed by atoms with Gasteiger partial charge >= 0.3 is 0 Å². The van der Waals surface area contributed by atoms with Gasteiger partial charge in [-0.15, -0.1) is 0 Å². The van der Waals surface area contributed by atoms with Gasteiger partial charge in [-0.2, -0.15) is 0 Å². The van der Waals surface area contributed by atoms with E-state index in [0.717, 1.165) is 33.9 Å². The molecule has 6 atom stereocenters. The third kappa shape index (κ3) is 6.89. The molecular weight excluding hydrogens is 765 g/mol. The molecule has 2 aliphatic carbocycles. The summed E-state index contributed by atoms with van der Waals surface area (Å²) in [4.78, 5) is 60.8. The molecule has 10 rings (SSSR count). The van der Waals surface area contributed by atoms with Crippen molar-refractivity contribution in [2.75, 3.05) is 20.4 Å². The number of imide groups is 2. The van der Waals surface area contributed by atoms with E-state index < -0.39 is 35.5 Å². The number of carbonyl (C=O) groups is 4. The standard InChI is InChI=1S/C51H42N4O6/c56-44-28-38(61-30-31-10-4-1-5-11-31)24-25-40(44)45-39-26-27-41-46(50(59)54(48(41)57)36-20-16-34(17-21-36)52-32-12-6-2-7-13-32)42(39)29-43-47(45)51(60)55(49(43)58)37-22-18-35(19-23-37)53-33-14-8-3-9-15-33/h1-26,28,41-43,45-47,52-53,56H,27,29-30H2/t41-,42+,43+,45+,46-,47+/m0/s1. The predicted octanol–water partition coefficient (Wildman–Crippen LogP) is 9.50. The number of nitrogens with one attached hydrogen (secondary N) is 2. The highest BCUT2D eigenvalue weighted by Crippen LogP contribution is 2.59. The van der Waals surface area contributed by atoms with Gasteiger partial charge in [0.1, 0.15) is 18.1 Å². The molecule has 0 radical (unpaired) electrons. The Morgan fingerprint density at radius 3 is 1.61 bits per heavy atom. The maximum atomic E-state index is 14.8. The number of nitrogens with zero attached hydrogens (tertiary/aromatic N) is 2. The number of hydrogen-bond donors (Lipinski definition) is 3. The Hall–Kier alpha value is -7.46. The van der Waals surface area contributed by atoms with Crippen molar-refractivity contribution in [3.05, 3.63) is 181 Å². The number of aromatic hydroxyl groups is 1. The number of allylic oxidation sites excluding steroid dienone is 2. The van der Waals surface area contributed by atoms with Crippen molar-refractivity contribution in [2.45, 2.75) is 25.4 Å². The molecule has 61 heavy (non-hydrogen) atoms. The predicted molar refractivity (Wildman–Crippen MR) is 234 cm³/mol. The Labute approximate surface area is 353 Å². The van der Waals surface area contributed by atoms with Crippen molar-refractivity contribution in [1.82, 2.24) is 0 Å². The van der Waals surface area contributed by atoms with Crippen LogP contribution in [-0.2, 0) is 25.8 Å². The van der Waals surface area contributed by atoms with Crippen LogP contribution in [0.4, 0.5) is 34.1 Å². The fraction of sp³-hybridized carbons (Fsp3) is 0.176. The molecule has 4 amide bonds. The first-order valence-corrected chi connectivity index (χ1v) is 20.6. The number of rotatable bonds is 10. The maximum Gasteiger partial charge on any atom is 0.238 e. The van der Waals surface area contributed by atoms with Crippen molar-refractivity contribution < 1.29 is 29.0 Å². The van der Waals surface area contributed by atoms with E-state index in [-0.39, 0.29) is 35.8 Å². The molecule has 0 spiro atoms. The SMILES string of the molecule is O=C1[C@H]2[C@H](CC=C3[C@H]2C[C@H]2C(=O)N(c4ccc(Nc5ccccc5)cc4)C(=O)[C@H]2[C@H]3c2ccc(OCc3ccccc3)cc2O)C(=O)N1c1ccc(Nc2ccccc2)cc1. The zero-order valence-electron chi connectivity index (χ0n) is 33.1. The molecule has 302 valence electrons. The van der Waals surface area contributed by atoms with E-state index >= 15 is 0 Å². The molecule has 10 nitrogen and oxygen atoms in total. The average molecular weight is 807 g/mol. The van der Waals surface area contributed by atoms with Gasteiger partial charge < -0.3 is 20.5 Å². The average Bonchev–Trinajstić information content (AvgIpc) is 3.70. The van der Waals surface area contributed by atoms with Crippen molar-refractivity contribution >= 4 is 57.8 Å². The molecule has 6 aromatic rings. The van der Waals surface area contributed by atoms with Crippen LogP contribution in [-0.4, -0.2) is 28.7 Å². The number of benzene rings is 6. The molecule has 6 aromatic carbocycles. The molecule has 3 N–H and O–H groups in total. The Morgan fingerprint density at radius 1 is 0.541 bits per heavy atom. The third-order valence-electron chi connectivity index (χ3n) is 12.6. The fourth-order valence-corrected chi connectivity index (χ4v) is 9.83. The van der Waals surface area contributed by atoms with E-state index in [1.54, 1.807) is 42.5 Å². The lowest BCUT2D eigenvalue weighted by Gasteiger charge is -2.44. The van der Waals surface area contributed by atoms with E-state index in [0.29, 0.717) is 35.7 Å². The van der Waals surface area contributed by atoms with Crippen LogP contribution in [0.15, 0.2) is 169 Å². The Kier molecular flexibility index (Phi) is 9.67. The zero-order valence-corrected chi connectivity index (χ0v) is 33.1. The first kappa shape index (κ1) is 37.8. The summed E-state index contributed by atoms with van der Waals surface area (Å²) in [5.41, 5.74) is 6.56. The van der Waals surface area contributed by atoms with Gasteiger partial charge in [0.05, 0.1) is 35.0 Å². The number of amides is 4. The second-order valence-electron chi connectivity index (χ2n) is 16.1. The van der Waals surface area contributed by atoms with Crippen LogP contribution in [0.25, 0.3) is 0 Å². The summed E-state index contributed by atoms with van der Waals surface area (Å²) in [5, 5.41) is 18.4. The lowest BCUT2D eigenvalue weighted by molar-refractivity contribution is -0.126. The molecule has 3 fully saturated rings. The summed E-state index contributed by atoms with van der Waals surface area (Å²) < 4.78 is 6.04. The lowest BCUT2D eigenvalue weighted by atomic mass is 9.57. The van der Waals surface area contributed by atoms with Crippen LogP contribution in [0.3, 0.4) is 0 Å². The second kappa shape index (κ2) is 15.6. The first-order chi connectivity index (χ1) is 29.8. The summed E-state index contributed by atoms with van der Waals surface area (Å²) in [6.07, 6.45) is 2.49. The van der Waals surface area contributed by atoms with Crippen LogP contribution in [0.1, 0.15) is 29.9 Å². The first-order valence-electron chi connectivity index (χ1n) is 20.6. The maximum absolute atomic E-state index is 14.8. The number of hydrogen-bond acceptors (Lipinski definition) is 8. The quantitative estimate of drug-likeness (QED) is 0.0923. The highest BCUT2D eigenvalue weighted by Gasteiger charge is 2.62. The normalized spacial score (nSPS) is 22.9. The summed E-state index contributed by atoms with van der Waals surface area (Å²) in [6, 6.07) is 48.6. The van der Waals surface area contributed by atoms with Crippen molar-refractivity contribution in [3.63, 3.8) is 0 Å². The van der Waals surface area contributed by atoms with Gasteiger partial charge in [-0.3, -0.25) is 29.0 Å². The third-order valence-corrected chi connectivity index (χ3v) is 12.6. The smallest absolute Gasteiger partial charge is 0.238 e. The molecule has 4 aliphatic rings. The van der Waals surface area contributed by atoms with Gasteiger partial charge in [0.25, 0.3) is 0 Å². The van der Waals surface area contributed by atoms with Gasteiger partial charge in [0, 0.05) is 40.3 Å². The van der Waals surface area contributed by atoms with E-state index in [1.165, 1.54) is 9.80 Å². The number of phenolic OH excluding ortho intramolecular Hbond substituents is 1. The summed E-state index contributed by atoms with van der Waals surface area (Å²) in [5.74, 6) is -5.22. The van der Waals surface area contributed by atoms with Gasteiger partial charge in [0.2, 0.25) is 23.6 Å². The zero-order chi connectivity index (χ0) is 41.6. The Balaban J connectivity index is 0.975. The van der Waals surface area contributed by atoms with Crippen molar-refractivity contribution in [1.29, 1.82) is 0 Å². The second-order valence-corrected chi connectivity index (χ2v) is 16.1. The molecular formula is C51H42N4O6. The van der Waals surface area contributed by atoms with Crippen LogP contribution in [0, 0.1) is 29.6 Å². The van der Waals surface area contributed by atoms with E-state index in [4.69, 9.17) is 4.74 Å². The van der Waals surface area contributed by atoms with Gasteiger partial charge in [0.15, 0.2) is 0 Å². The molecule has 2 aliphatic heterocycles. The Morgan fingerprint density at radius 2 is 1.05 bits per heavy atom. The molecule has 10 heteroatoms. The Bertz CT molecular complexity index is 2670. The van der Waals surface area contributed by atoms with E-state index in [2.05, 4.69) is 10.6 Å². The van der Waals surface area contributed by atoms with Crippen LogP contribution < -0.4 is 25.2 Å². The van der Waals surface area contributed by atoms with Crippen LogP contribution >= 0.6 is 0 Å². The largest absolute Gasteiger partial charge is 0.508 e. The minimum Gasteiger partial charge on any atom is -0.508 e. The number of phenols is 1. The van der Waals surface area contributed by atoms with Gasteiger partial charge in [-0.05, 0) is 103 Å². The van der Waals surface area contributed by atoms with Crippen LogP contribution in [0.2, 0.25) is 0 Å². The number of anilines is 6. The topological polar surface area (TPSA) is 128 Å². The van der Waals surface area contributed by atoms with E-state index in [9.17, 15) is 24.3 Å². The number of para-hydroxylation sites is 2. The number of carbonyl (C=O) groups excluding carboxylic acids is 4. The number of fused-ring (bicyclic) bond motifs is 4. The summed E-state index contributed by atoms with van der Waals surface area (Å²) in [6.45, 7) is 0.296.